The van der Waals surface area contributed by atoms with Crippen molar-refractivity contribution in [2.24, 2.45) is 0 Å². The van der Waals surface area contributed by atoms with Crippen LogP contribution in [0.3, 0.4) is 0 Å². The van der Waals surface area contributed by atoms with E-state index in [4.69, 9.17) is 9.47 Å². The van der Waals surface area contributed by atoms with Crippen molar-refractivity contribution in [3.05, 3.63) is 36.8 Å². The molecular formula is C26H36FN7O4S. The van der Waals surface area contributed by atoms with Gasteiger partial charge >= 0.3 is 0 Å². The molecule has 2 aliphatic heterocycles. The molecule has 2 atom stereocenters. The number of aromatic nitrogens is 2. The van der Waals surface area contributed by atoms with Crippen molar-refractivity contribution in [1.29, 1.82) is 0 Å². The van der Waals surface area contributed by atoms with Gasteiger partial charge in [0.15, 0.2) is 0 Å². The fourth-order valence-corrected chi connectivity index (χ4v) is 5.54. The fourth-order valence-electron chi connectivity index (χ4n) is 4.80. The summed E-state index contributed by atoms with van der Waals surface area (Å²) >= 11 is 0. The van der Waals surface area contributed by atoms with Gasteiger partial charge in [-0.3, -0.25) is 4.79 Å². The Morgan fingerprint density at radius 3 is 2.59 bits per heavy atom. The number of hydrogen-bond donors (Lipinski definition) is 2. The minimum Gasteiger partial charge on any atom is -0.494 e. The molecule has 0 saturated carbocycles. The molecule has 0 radical (unpaired) electrons. The van der Waals surface area contributed by atoms with Gasteiger partial charge in [0.2, 0.25) is 17.7 Å². The van der Waals surface area contributed by atoms with Crippen molar-refractivity contribution in [3.8, 4) is 11.6 Å². The summed E-state index contributed by atoms with van der Waals surface area (Å²) in [5.74, 6) is -0.634. The van der Waals surface area contributed by atoms with E-state index in [0.717, 1.165) is 37.8 Å². The fraction of sp³-hybridized carbons (Fsp3) is 0.500. The molecule has 0 aliphatic carbocycles. The number of rotatable bonds is 10. The zero-order valence-corrected chi connectivity index (χ0v) is 23.6. The lowest BCUT2D eigenvalue weighted by Crippen LogP contribution is -2.42. The molecule has 1 aromatic heterocycles. The summed E-state index contributed by atoms with van der Waals surface area (Å²) in [6.45, 7) is 6.23. The Balaban J connectivity index is 1.58. The molecule has 2 saturated heterocycles. The van der Waals surface area contributed by atoms with Crippen LogP contribution < -0.4 is 25.0 Å². The number of piperidine rings is 1. The van der Waals surface area contributed by atoms with Gasteiger partial charge in [0, 0.05) is 44.5 Å². The van der Waals surface area contributed by atoms with Crippen LogP contribution in [0.2, 0.25) is 0 Å². The standard InChI is InChI=1S/C26H36FN7O4S/c1-6-24(35)29-20-13-21(23(37-4)14-22(20)33-10-7-17(8-11-33)32(2)3)30-26-28-15-19(27)25(31-26)38-18-9-12-34(16-18)39(5)36/h6,13-15,17-18H,1,7-12,16H2,2-5H3,(H,29,35)(H,28,30,31)/t18-,39?/m0/s1. The van der Waals surface area contributed by atoms with Gasteiger partial charge in [-0.05, 0) is 45.5 Å². The third kappa shape index (κ3) is 7.02. The van der Waals surface area contributed by atoms with Gasteiger partial charge in [-0.15, -0.1) is 0 Å². The molecule has 4 rings (SSSR count). The quantitative estimate of drug-likeness (QED) is 0.423. The molecule has 2 N–H and O–H groups in total. The van der Waals surface area contributed by atoms with Gasteiger partial charge in [0.05, 0.1) is 41.4 Å². The molecule has 212 valence electrons. The number of carbonyl (C=O) groups is 1. The number of halogens is 1. The van der Waals surface area contributed by atoms with Crippen LogP contribution in [0.4, 0.5) is 27.4 Å². The van der Waals surface area contributed by atoms with E-state index in [2.05, 4.69) is 51.1 Å². The smallest absolute Gasteiger partial charge is 0.255 e. The lowest BCUT2D eigenvalue weighted by molar-refractivity contribution is -0.111. The minimum atomic E-state index is -1.12. The van der Waals surface area contributed by atoms with E-state index >= 15 is 0 Å². The number of ether oxygens (including phenoxy) is 2. The molecule has 11 nitrogen and oxygen atoms in total. The van der Waals surface area contributed by atoms with Crippen molar-refractivity contribution in [2.75, 3.05) is 69.2 Å². The van der Waals surface area contributed by atoms with Gasteiger partial charge < -0.3 is 29.9 Å². The number of methoxy groups -OCH3 is 1. The Labute approximate surface area is 231 Å². The first-order valence-electron chi connectivity index (χ1n) is 12.8. The third-order valence-corrected chi connectivity index (χ3v) is 8.06. The molecule has 2 fully saturated rings. The van der Waals surface area contributed by atoms with Gasteiger partial charge in [-0.1, -0.05) is 6.58 Å². The Hall–Kier alpha value is -3.29. The number of benzene rings is 1. The molecule has 1 amide bonds. The summed E-state index contributed by atoms with van der Waals surface area (Å²) < 4.78 is 39.4. The molecule has 39 heavy (non-hydrogen) atoms. The maximum Gasteiger partial charge on any atom is 0.255 e. The van der Waals surface area contributed by atoms with Crippen LogP contribution in [-0.2, 0) is 15.8 Å². The Morgan fingerprint density at radius 2 is 1.97 bits per heavy atom. The monoisotopic (exact) mass is 561 g/mol. The first-order valence-corrected chi connectivity index (χ1v) is 14.3. The Morgan fingerprint density at radius 1 is 1.23 bits per heavy atom. The first-order chi connectivity index (χ1) is 18.7. The summed E-state index contributed by atoms with van der Waals surface area (Å²) in [6, 6.07) is 4.10. The van der Waals surface area contributed by atoms with Crippen LogP contribution in [0, 0.1) is 5.82 Å². The van der Waals surface area contributed by atoms with Crippen LogP contribution >= 0.6 is 0 Å². The van der Waals surface area contributed by atoms with Crippen molar-refractivity contribution >= 4 is 39.9 Å². The molecule has 1 unspecified atom stereocenters. The van der Waals surface area contributed by atoms with E-state index in [-0.39, 0.29) is 23.8 Å². The van der Waals surface area contributed by atoms with Gasteiger partial charge in [-0.25, -0.2) is 13.5 Å². The van der Waals surface area contributed by atoms with E-state index in [1.165, 1.54) is 6.08 Å². The molecular weight excluding hydrogens is 525 g/mol. The third-order valence-electron chi connectivity index (χ3n) is 7.00. The predicted octanol–water partition coefficient (Wildman–Crippen LogP) is 2.77. The van der Waals surface area contributed by atoms with E-state index in [9.17, 15) is 13.4 Å². The highest BCUT2D eigenvalue weighted by atomic mass is 32.2. The zero-order valence-electron chi connectivity index (χ0n) is 22.8. The number of amides is 1. The van der Waals surface area contributed by atoms with Crippen LogP contribution in [0.15, 0.2) is 31.0 Å². The van der Waals surface area contributed by atoms with E-state index in [0.29, 0.717) is 42.7 Å². The van der Waals surface area contributed by atoms with E-state index in [1.807, 2.05) is 6.07 Å². The second kappa shape index (κ2) is 12.7. The lowest BCUT2D eigenvalue weighted by Gasteiger charge is -2.37. The van der Waals surface area contributed by atoms with E-state index in [1.54, 1.807) is 23.7 Å². The summed E-state index contributed by atoms with van der Waals surface area (Å²) in [5.41, 5.74) is 1.88. The summed E-state index contributed by atoms with van der Waals surface area (Å²) in [4.78, 5) is 25.0. The van der Waals surface area contributed by atoms with Crippen LogP contribution in [0.5, 0.6) is 11.6 Å². The minimum absolute atomic E-state index is 0.0964. The number of carbonyl (C=O) groups excluding carboxylic acids is 1. The molecule has 2 aliphatic rings. The lowest BCUT2D eigenvalue weighted by atomic mass is 10.0. The normalized spacial score (nSPS) is 19.1. The SMILES string of the molecule is C=CC(=O)Nc1cc(Nc2ncc(F)c(O[C@H]3CCN(S(C)=O)C3)n2)c(OC)cc1N1CCC(N(C)C)CC1. The average molecular weight is 562 g/mol. The summed E-state index contributed by atoms with van der Waals surface area (Å²) in [5, 5.41) is 5.96. The van der Waals surface area contributed by atoms with E-state index < -0.39 is 16.8 Å². The molecule has 1 aromatic carbocycles. The predicted molar refractivity (Wildman–Crippen MR) is 151 cm³/mol. The van der Waals surface area contributed by atoms with Crippen LogP contribution in [0.1, 0.15) is 19.3 Å². The number of anilines is 4. The average Bonchev–Trinajstić information content (AvgIpc) is 3.40. The van der Waals surface area contributed by atoms with Gasteiger partial charge in [-0.2, -0.15) is 9.37 Å². The highest BCUT2D eigenvalue weighted by molar-refractivity contribution is 7.81. The highest BCUT2D eigenvalue weighted by Crippen LogP contribution is 2.39. The molecule has 3 heterocycles. The molecule has 0 bridgehead atoms. The Kier molecular flexibility index (Phi) is 9.36. The maximum absolute atomic E-state index is 14.5. The Bertz CT molecular complexity index is 1220. The van der Waals surface area contributed by atoms with Crippen molar-refractivity contribution in [1.82, 2.24) is 19.2 Å². The van der Waals surface area contributed by atoms with Crippen LogP contribution in [0.25, 0.3) is 0 Å². The zero-order chi connectivity index (χ0) is 28.1. The second-order valence-electron chi connectivity index (χ2n) is 9.76. The number of hydrogen-bond acceptors (Lipinski definition) is 9. The number of nitrogens with one attached hydrogen (secondary N) is 2. The van der Waals surface area contributed by atoms with Crippen molar-refractivity contribution in [2.45, 2.75) is 31.4 Å². The van der Waals surface area contributed by atoms with Gasteiger partial charge in [0.25, 0.3) is 5.88 Å². The molecule has 13 heteroatoms. The summed E-state index contributed by atoms with van der Waals surface area (Å²) in [7, 11) is 4.61. The maximum atomic E-state index is 14.5. The molecule has 2 aromatic rings. The van der Waals surface area contributed by atoms with Crippen molar-refractivity contribution in [3.63, 3.8) is 0 Å². The summed E-state index contributed by atoms with van der Waals surface area (Å²) in [6.07, 6.45) is 6.10. The largest absolute Gasteiger partial charge is 0.494 e. The molecule has 0 spiro atoms. The topological polar surface area (TPSA) is 112 Å². The van der Waals surface area contributed by atoms with Gasteiger partial charge in [0.1, 0.15) is 11.9 Å². The van der Waals surface area contributed by atoms with Crippen LogP contribution in [-0.4, -0.2) is 95.1 Å². The number of nitrogens with zero attached hydrogens (tertiary/aromatic N) is 5. The highest BCUT2D eigenvalue weighted by Gasteiger charge is 2.28. The van der Waals surface area contributed by atoms with Crippen molar-refractivity contribution < 1.29 is 22.9 Å². The second-order valence-corrected chi connectivity index (χ2v) is 11.1. The first kappa shape index (κ1) is 28.7.